The predicted molar refractivity (Wildman–Crippen MR) is 90.9 cm³/mol. The largest absolute Gasteiger partial charge is 0.481 e. The number of unbranched alkanes of at least 4 members (excludes halogenated alkanes) is 1. The Bertz CT molecular complexity index is 542. The number of amides is 1. The maximum absolute atomic E-state index is 12.5. The molecule has 1 N–H and O–H groups in total. The number of carboxylic acids is 1. The Labute approximate surface area is 137 Å². The second-order valence-corrected chi connectivity index (χ2v) is 6.25. The van der Waals surface area contributed by atoms with Gasteiger partial charge in [0.15, 0.2) is 0 Å². The second kappa shape index (κ2) is 7.99. The Kier molecular flexibility index (Phi) is 6.02. The number of carbonyl (C=O) groups excluding carboxylic acids is 1. The molecule has 0 bridgehead atoms. The summed E-state index contributed by atoms with van der Waals surface area (Å²) >= 11 is 0. The molecule has 0 saturated carbocycles. The van der Waals surface area contributed by atoms with E-state index in [1.807, 2.05) is 24.3 Å². The van der Waals surface area contributed by atoms with Crippen molar-refractivity contribution in [2.24, 2.45) is 5.92 Å². The van der Waals surface area contributed by atoms with Crippen LogP contribution in [0.2, 0.25) is 0 Å². The van der Waals surface area contributed by atoms with Gasteiger partial charge in [0.25, 0.3) is 5.91 Å². The van der Waals surface area contributed by atoms with Crippen molar-refractivity contribution in [3.8, 4) is 0 Å². The van der Waals surface area contributed by atoms with E-state index in [9.17, 15) is 9.59 Å². The summed E-state index contributed by atoms with van der Waals surface area (Å²) in [6.45, 7) is 4.11. The fraction of sp³-hybridized carbons (Fsp3) is 0.556. The number of nitrogens with zero attached hydrogens (tertiary/aromatic N) is 2. The van der Waals surface area contributed by atoms with E-state index < -0.39 is 11.9 Å². The zero-order valence-corrected chi connectivity index (χ0v) is 14.0. The topological polar surface area (TPSA) is 60.9 Å². The van der Waals surface area contributed by atoms with Crippen LogP contribution in [0.25, 0.3) is 0 Å². The van der Waals surface area contributed by atoms with Crippen molar-refractivity contribution < 1.29 is 14.7 Å². The first-order chi connectivity index (χ1) is 11.0. The third-order valence-corrected chi connectivity index (χ3v) is 4.46. The maximum atomic E-state index is 12.5. The van der Waals surface area contributed by atoms with Gasteiger partial charge in [-0.15, -0.1) is 0 Å². The van der Waals surface area contributed by atoms with Crippen LogP contribution in [0.3, 0.4) is 0 Å². The molecule has 1 heterocycles. The normalized spacial score (nSPS) is 17.8. The monoisotopic (exact) mass is 318 g/mol. The van der Waals surface area contributed by atoms with Gasteiger partial charge in [0.1, 0.15) is 0 Å². The molecule has 5 nitrogen and oxygen atoms in total. The van der Waals surface area contributed by atoms with E-state index in [2.05, 4.69) is 18.9 Å². The predicted octanol–water partition coefficient (Wildman–Crippen LogP) is 2.86. The quantitative estimate of drug-likeness (QED) is 0.876. The van der Waals surface area contributed by atoms with Gasteiger partial charge in [0, 0.05) is 37.9 Å². The third kappa shape index (κ3) is 4.47. The van der Waals surface area contributed by atoms with Crippen LogP contribution >= 0.6 is 0 Å². The number of carbonyl (C=O) groups is 2. The van der Waals surface area contributed by atoms with Gasteiger partial charge in [-0.3, -0.25) is 9.59 Å². The molecular formula is C18H26N2O3. The molecule has 0 aromatic heterocycles. The van der Waals surface area contributed by atoms with Crippen LogP contribution in [0.5, 0.6) is 0 Å². The van der Waals surface area contributed by atoms with Crippen molar-refractivity contribution in [1.82, 2.24) is 4.90 Å². The molecule has 2 rings (SSSR count). The third-order valence-electron chi connectivity index (χ3n) is 4.46. The lowest BCUT2D eigenvalue weighted by Crippen LogP contribution is -2.42. The smallest absolute Gasteiger partial charge is 0.308 e. The standard InChI is InChI=1S/C18H26N2O3/c1-3-4-11-19(2)16-9-7-14(8-10-16)17(21)20-12-5-6-15(13-20)18(22)23/h7-10,15H,3-6,11-13H2,1-2H3,(H,22,23). The Balaban J connectivity index is 2.01. The van der Waals surface area contributed by atoms with Crippen LogP contribution in [0.4, 0.5) is 5.69 Å². The number of likely N-dealkylation sites (tertiary alicyclic amines) is 1. The molecule has 0 radical (unpaired) electrons. The summed E-state index contributed by atoms with van der Waals surface area (Å²) in [7, 11) is 2.05. The molecule has 0 aliphatic carbocycles. The first-order valence-electron chi connectivity index (χ1n) is 8.36. The van der Waals surface area contributed by atoms with E-state index in [1.165, 1.54) is 0 Å². The SMILES string of the molecule is CCCCN(C)c1ccc(C(=O)N2CCCC(C(=O)O)C2)cc1. The lowest BCUT2D eigenvalue weighted by atomic mass is 9.97. The minimum atomic E-state index is -0.810. The highest BCUT2D eigenvalue weighted by atomic mass is 16.4. The summed E-state index contributed by atoms with van der Waals surface area (Å²) in [6.07, 6.45) is 3.70. The molecule has 1 aromatic carbocycles. The van der Waals surface area contributed by atoms with Crippen LogP contribution < -0.4 is 4.90 Å². The highest BCUT2D eigenvalue weighted by molar-refractivity contribution is 5.95. The van der Waals surface area contributed by atoms with E-state index in [0.29, 0.717) is 25.1 Å². The molecule has 1 aliphatic heterocycles. The van der Waals surface area contributed by atoms with Crippen molar-refractivity contribution in [2.45, 2.75) is 32.6 Å². The molecule has 126 valence electrons. The summed E-state index contributed by atoms with van der Waals surface area (Å²) in [4.78, 5) is 27.5. The molecule has 1 saturated heterocycles. The minimum Gasteiger partial charge on any atom is -0.481 e. The molecule has 1 fully saturated rings. The van der Waals surface area contributed by atoms with Gasteiger partial charge in [-0.1, -0.05) is 13.3 Å². The molecule has 1 aromatic rings. The van der Waals surface area contributed by atoms with Crippen LogP contribution in [-0.2, 0) is 4.79 Å². The highest BCUT2D eigenvalue weighted by Gasteiger charge is 2.28. The Morgan fingerprint density at radius 3 is 2.61 bits per heavy atom. The van der Waals surface area contributed by atoms with Gasteiger partial charge in [-0.05, 0) is 43.5 Å². The number of hydrogen-bond acceptors (Lipinski definition) is 3. The summed E-state index contributed by atoms with van der Waals surface area (Å²) in [5, 5.41) is 9.13. The van der Waals surface area contributed by atoms with Crippen LogP contribution in [-0.4, -0.2) is 48.6 Å². The van der Waals surface area contributed by atoms with Crippen molar-refractivity contribution in [3.05, 3.63) is 29.8 Å². The van der Waals surface area contributed by atoms with E-state index >= 15 is 0 Å². The highest BCUT2D eigenvalue weighted by Crippen LogP contribution is 2.20. The fourth-order valence-electron chi connectivity index (χ4n) is 2.93. The van der Waals surface area contributed by atoms with Gasteiger partial charge >= 0.3 is 5.97 Å². The van der Waals surface area contributed by atoms with Crippen LogP contribution in [0.15, 0.2) is 24.3 Å². The average Bonchev–Trinajstić information content (AvgIpc) is 2.59. The number of carboxylic acid groups (broad SMARTS) is 1. The zero-order valence-electron chi connectivity index (χ0n) is 14.0. The lowest BCUT2D eigenvalue weighted by Gasteiger charge is -2.31. The molecular weight excluding hydrogens is 292 g/mol. The van der Waals surface area contributed by atoms with Gasteiger partial charge in [0.05, 0.1) is 5.92 Å². The molecule has 1 aliphatic rings. The van der Waals surface area contributed by atoms with Crippen molar-refractivity contribution >= 4 is 17.6 Å². The van der Waals surface area contributed by atoms with Crippen molar-refractivity contribution in [3.63, 3.8) is 0 Å². The van der Waals surface area contributed by atoms with Gasteiger partial charge < -0.3 is 14.9 Å². The number of hydrogen-bond donors (Lipinski definition) is 1. The zero-order chi connectivity index (χ0) is 16.8. The Morgan fingerprint density at radius 1 is 1.30 bits per heavy atom. The van der Waals surface area contributed by atoms with Crippen molar-refractivity contribution in [1.29, 1.82) is 0 Å². The van der Waals surface area contributed by atoms with E-state index in [1.54, 1.807) is 4.90 Å². The van der Waals surface area contributed by atoms with Crippen molar-refractivity contribution in [2.75, 3.05) is 31.6 Å². The molecule has 1 amide bonds. The van der Waals surface area contributed by atoms with Gasteiger partial charge in [-0.25, -0.2) is 0 Å². The first-order valence-corrected chi connectivity index (χ1v) is 8.36. The molecule has 5 heteroatoms. The molecule has 23 heavy (non-hydrogen) atoms. The Morgan fingerprint density at radius 2 is 2.00 bits per heavy atom. The number of piperidine rings is 1. The molecule has 0 spiro atoms. The summed E-state index contributed by atoms with van der Waals surface area (Å²) in [5.41, 5.74) is 1.72. The second-order valence-electron chi connectivity index (χ2n) is 6.25. The van der Waals surface area contributed by atoms with E-state index in [-0.39, 0.29) is 5.91 Å². The summed E-state index contributed by atoms with van der Waals surface area (Å²) in [6, 6.07) is 7.60. The average molecular weight is 318 g/mol. The van der Waals surface area contributed by atoms with Gasteiger partial charge in [0.2, 0.25) is 0 Å². The number of aliphatic carboxylic acids is 1. The fourth-order valence-corrected chi connectivity index (χ4v) is 2.93. The Hall–Kier alpha value is -2.04. The maximum Gasteiger partial charge on any atom is 0.308 e. The van der Waals surface area contributed by atoms with E-state index in [0.717, 1.165) is 31.5 Å². The number of benzene rings is 1. The summed E-state index contributed by atoms with van der Waals surface area (Å²) in [5.74, 6) is -1.32. The van der Waals surface area contributed by atoms with E-state index in [4.69, 9.17) is 5.11 Å². The summed E-state index contributed by atoms with van der Waals surface area (Å²) < 4.78 is 0. The van der Waals surface area contributed by atoms with Gasteiger partial charge in [-0.2, -0.15) is 0 Å². The minimum absolute atomic E-state index is 0.0706. The molecule has 1 atom stereocenters. The number of rotatable bonds is 6. The molecule has 1 unspecified atom stereocenters. The van der Waals surface area contributed by atoms with Crippen LogP contribution in [0, 0.1) is 5.92 Å². The number of anilines is 1. The first kappa shape index (κ1) is 17.3. The van der Waals surface area contributed by atoms with Crippen LogP contribution in [0.1, 0.15) is 43.0 Å². The lowest BCUT2D eigenvalue weighted by molar-refractivity contribution is -0.143.